The van der Waals surface area contributed by atoms with Gasteiger partial charge in [-0.15, -0.1) is 0 Å². The van der Waals surface area contributed by atoms with E-state index in [1.807, 2.05) is 26.0 Å². The fourth-order valence-corrected chi connectivity index (χ4v) is 3.81. The third-order valence-corrected chi connectivity index (χ3v) is 5.29. The van der Waals surface area contributed by atoms with E-state index >= 15 is 0 Å². The summed E-state index contributed by atoms with van der Waals surface area (Å²) in [4.78, 5) is 11.3. The van der Waals surface area contributed by atoms with Gasteiger partial charge in [0.25, 0.3) is 0 Å². The average Bonchev–Trinajstić information content (AvgIpc) is 2.94. The number of halogens is 2. The fraction of sp³-hybridized carbons (Fsp3) is 0.350. The van der Waals surface area contributed by atoms with Gasteiger partial charge in [-0.2, -0.15) is 15.1 Å². The van der Waals surface area contributed by atoms with E-state index in [1.165, 1.54) is 6.07 Å². The Labute approximate surface area is 166 Å². The van der Waals surface area contributed by atoms with E-state index in [0.29, 0.717) is 17.5 Å². The van der Waals surface area contributed by atoms with Crippen LogP contribution in [0.5, 0.6) is 0 Å². The van der Waals surface area contributed by atoms with Gasteiger partial charge in [-0.25, -0.2) is 13.5 Å². The lowest BCUT2D eigenvalue weighted by molar-refractivity contribution is -0.127. The molecule has 29 heavy (non-hydrogen) atoms. The van der Waals surface area contributed by atoms with Crippen LogP contribution in [0.25, 0.3) is 5.82 Å². The molecule has 2 aliphatic heterocycles. The molecule has 3 aromatic rings. The van der Waals surface area contributed by atoms with Crippen molar-refractivity contribution in [2.24, 2.45) is 5.41 Å². The molecule has 5 rings (SSSR count). The monoisotopic (exact) mass is 398 g/mol. The van der Waals surface area contributed by atoms with Crippen molar-refractivity contribution in [2.45, 2.75) is 13.8 Å². The number of hydrogen-bond donors (Lipinski definition) is 1. The highest BCUT2D eigenvalue weighted by molar-refractivity contribution is 5.58. The predicted octanol–water partition coefficient (Wildman–Crippen LogP) is 3.14. The summed E-state index contributed by atoms with van der Waals surface area (Å²) in [5.41, 5.74) is 2.43. The smallest absolute Gasteiger partial charge is 0.231 e. The zero-order chi connectivity index (χ0) is 20.2. The SMILES string of the molecule is Cc1cc(C)n(-c2cc(N3CC4(COC4)C3)nc(Nc3ccc(F)c(F)c3)n2)n1. The minimum Gasteiger partial charge on any atom is -0.380 e. The molecule has 2 aliphatic rings. The Bertz CT molecular complexity index is 1090. The van der Waals surface area contributed by atoms with Crippen LogP contribution in [-0.4, -0.2) is 46.1 Å². The Kier molecular flexibility index (Phi) is 4.02. The van der Waals surface area contributed by atoms with Gasteiger partial charge in [-0.3, -0.25) is 0 Å². The molecule has 2 aromatic heterocycles. The largest absolute Gasteiger partial charge is 0.380 e. The van der Waals surface area contributed by atoms with Crippen LogP contribution in [0.2, 0.25) is 0 Å². The van der Waals surface area contributed by atoms with Crippen molar-refractivity contribution in [3.8, 4) is 5.82 Å². The van der Waals surface area contributed by atoms with E-state index in [1.54, 1.807) is 4.68 Å². The Balaban J connectivity index is 1.50. The molecule has 0 aliphatic carbocycles. The summed E-state index contributed by atoms with van der Waals surface area (Å²) in [7, 11) is 0. The van der Waals surface area contributed by atoms with Crippen molar-refractivity contribution < 1.29 is 13.5 Å². The first-order valence-corrected chi connectivity index (χ1v) is 9.38. The Morgan fingerprint density at radius 2 is 1.76 bits per heavy atom. The molecule has 4 heterocycles. The zero-order valence-electron chi connectivity index (χ0n) is 16.1. The number of benzene rings is 1. The van der Waals surface area contributed by atoms with Crippen molar-refractivity contribution in [3.63, 3.8) is 0 Å². The molecule has 0 amide bonds. The van der Waals surface area contributed by atoms with E-state index in [9.17, 15) is 8.78 Å². The summed E-state index contributed by atoms with van der Waals surface area (Å²) in [6.07, 6.45) is 0. The average molecular weight is 398 g/mol. The van der Waals surface area contributed by atoms with Gasteiger partial charge in [0, 0.05) is 36.6 Å². The second kappa shape index (κ2) is 6.48. The van der Waals surface area contributed by atoms with Crippen LogP contribution in [0.15, 0.2) is 30.3 Å². The number of aromatic nitrogens is 4. The number of hydrogen-bond acceptors (Lipinski definition) is 6. The lowest BCUT2D eigenvalue weighted by atomic mass is 9.78. The maximum absolute atomic E-state index is 13.6. The standard InChI is InChI=1S/C20H20F2N6O/c1-12-5-13(2)28(26-12)18-7-17(27-8-20(9-27)10-29-11-20)24-19(25-18)23-14-3-4-15(21)16(22)6-14/h3-7H,8-11H2,1-2H3,(H,23,24,25). The van der Waals surface area contributed by atoms with Crippen molar-refractivity contribution in [1.82, 2.24) is 19.7 Å². The minimum absolute atomic E-state index is 0.233. The minimum atomic E-state index is -0.931. The molecular formula is C20H20F2N6O. The predicted molar refractivity (Wildman–Crippen MR) is 104 cm³/mol. The van der Waals surface area contributed by atoms with Gasteiger partial charge < -0.3 is 15.0 Å². The lowest BCUT2D eigenvalue weighted by Crippen LogP contribution is -2.66. The molecule has 0 radical (unpaired) electrons. The second-order valence-corrected chi connectivity index (χ2v) is 7.85. The van der Waals surface area contributed by atoms with Crippen LogP contribution in [-0.2, 0) is 4.74 Å². The van der Waals surface area contributed by atoms with Crippen LogP contribution >= 0.6 is 0 Å². The Morgan fingerprint density at radius 1 is 1.00 bits per heavy atom. The summed E-state index contributed by atoms with van der Waals surface area (Å²) >= 11 is 0. The molecular weight excluding hydrogens is 378 g/mol. The summed E-state index contributed by atoms with van der Waals surface area (Å²) in [6, 6.07) is 7.45. The number of nitrogens with one attached hydrogen (secondary N) is 1. The van der Waals surface area contributed by atoms with E-state index in [2.05, 4.69) is 25.3 Å². The molecule has 1 aromatic carbocycles. The van der Waals surface area contributed by atoms with Crippen LogP contribution in [0.4, 0.5) is 26.2 Å². The fourth-order valence-electron chi connectivity index (χ4n) is 3.81. The molecule has 1 spiro atoms. The van der Waals surface area contributed by atoms with E-state index in [-0.39, 0.29) is 5.41 Å². The van der Waals surface area contributed by atoms with Gasteiger partial charge in [0.15, 0.2) is 17.5 Å². The van der Waals surface area contributed by atoms with Crippen LogP contribution in [0.3, 0.4) is 0 Å². The molecule has 0 bridgehead atoms. The highest BCUT2D eigenvalue weighted by Gasteiger charge is 2.49. The zero-order valence-corrected chi connectivity index (χ0v) is 16.1. The number of anilines is 3. The highest BCUT2D eigenvalue weighted by atomic mass is 19.2. The van der Waals surface area contributed by atoms with E-state index in [0.717, 1.165) is 55.6 Å². The van der Waals surface area contributed by atoms with Gasteiger partial charge >= 0.3 is 0 Å². The molecule has 2 fully saturated rings. The molecule has 9 heteroatoms. The van der Waals surface area contributed by atoms with Gasteiger partial charge in [-0.1, -0.05) is 0 Å². The molecule has 0 atom stereocenters. The van der Waals surface area contributed by atoms with Crippen LogP contribution < -0.4 is 10.2 Å². The summed E-state index contributed by atoms with van der Waals surface area (Å²) in [5.74, 6) is -0.176. The van der Waals surface area contributed by atoms with E-state index < -0.39 is 11.6 Å². The molecule has 0 unspecified atom stereocenters. The van der Waals surface area contributed by atoms with Crippen LogP contribution in [0, 0.1) is 30.9 Å². The van der Waals surface area contributed by atoms with Crippen molar-refractivity contribution in [2.75, 3.05) is 36.5 Å². The summed E-state index contributed by atoms with van der Waals surface area (Å²) in [5, 5.41) is 7.48. The molecule has 2 saturated heterocycles. The first-order chi connectivity index (χ1) is 13.9. The maximum atomic E-state index is 13.6. The first kappa shape index (κ1) is 18.0. The summed E-state index contributed by atoms with van der Waals surface area (Å²) in [6.45, 7) is 7.16. The second-order valence-electron chi connectivity index (χ2n) is 7.85. The van der Waals surface area contributed by atoms with Crippen molar-refractivity contribution >= 4 is 17.5 Å². The Hall–Kier alpha value is -3.07. The van der Waals surface area contributed by atoms with Gasteiger partial charge in [0.2, 0.25) is 5.95 Å². The lowest BCUT2D eigenvalue weighted by Gasteiger charge is -2.55. The number of nitrogens with zero attached hydrogens (tertiary/aromatic N) is 5. The van der Waals surface area contributed by atoms with Gasteiger partial charge in [-0.05, 0) is 32.0 Å². The maximum Gasteiger partial charge on any atom is 0.231 e. The highest BCUT2D eigenvalue weighted by Crippen LogP contribution is 2.40. The topological polar surface area (TPSA) is 68.1 Å². The van der Waals surface area contributed by atoms with Crippen LogP contribution in [0.1, 0.15) is 11.4 Å². The third kappa shape index (κ3) is 3.21. The van der Waals surface area contributed by atoms with Gasteiger partial charge in [0.05, 0.1) is 24.3 Å². The molecule has 1 N–H and O–H groups in total. The molecule has 0 saturated carbocycles. The first-order valence-electron chi connectivity index (χ1n) is 9.38. The normalized spacial score (nSPS) is 17.2. The Morgan fingerprint density at radius 3 is 2.38 bits per heavy atom. The molecule has 150 valence electrons. The third-order valence-electron chi connectivity index (χ3n) is 5.29. The quantitative estimate of drug-likeness (QED) is 0.728. The molecule has 7 nitrogen and oxygen atoms in total. The summed E-state index contributed by atoms with van der Waals surface area (Å²) < 4.78 is 33.9. The van der Waals surface area contributed by atoms with E-state index in [4.69, 9.17) is 4.74 Å². The van der Waals surface area contributed by atoms with Gasteiger partial charge in [0.1, 0.15) is 5.82 Å². The number of ether oxygens (including phenoxy) is 1. The van der Waals surface area contributed by atoms with Crippen molar-refractivity contribution in [3.05, 3.63) is 53.4 Å². The van der Waals surface area contributed by atoms with Crippen molar-refractivity contribution in [1.29, 1.82) is 0 Å². The number of aryl methyl sites for hydroxylation is 2. The number of rotatable bonds is 4.